The molecule has 3 amide bonds. The van der Waals surface area contributed by atoms with E-state index in [1.165, 1.54) is 6.42 Å². The van der Waals surface area contributed by atoms with Crippen molar-refractivity contribution in [3.8, 4) is 0 Å². The van der Waals surface area contributed by atoms with E-state index in [1.807, 2.05) is 35.2 Å². The third-order valence-corrected chi connectivity index (χ3v) is 11.6. The van der Waals surface area contributed by atoms with Gasteiger partial charge in [-0.3, -0.25) is 14.4 Å². The molecule has 1 aliphatic carbocycles. The molecule has 3 saturated heterocycles. The molecule has 1 saturated carbocycles. The number of carbonyl (C=O) groups is 3. The first kappa shape index (κ1) is 28.9. The Bertz CT molecular complexity index is 1140. The highest BCUT2D eigenvalue weighted by Crippen LogP contribution is 2.71. The zero-order chi connectivity index (χ0) is 28.5. The van der Waals surface area contributed by atoms with Crippen molar-refractivity contribution in [1.82, 2.24) is 9.80 Å². The minimum atomic E-state index is -0.663. The standard InChI is InChI=1S/C32H43N3O4S/c1-4-19-33(23-13-8-6-9-14-23)28(37)25-26-29(38)35(21-12-22-36)27(32(26)18-17-31(25,3)40-32)30(39)34(20-5-2)24-15-10-7-11-16-24/h4-6,8-9,13-14,24-27,36H,1-2,7,10-12,15-22H2,3H3/t25-,26-,27?,31+,32?/m0/s1. The molecule has 1 N–H and O–H groups in total. The van der Waals surface area contributed by atoms with Crippen LogP contribution in [0.2, 0.25) is 0 Å². The number of likely N-dealkylation sites (tertiary alicyclic amines) is 1. The highest BCUT2D eigenvalue weighted by molar-refractivity contribution is 8.02. The third kappa shape index (κ3) is 4.71. The van der Waals surface area contributed by atoms with Gasteiger partial charge in [0, 0.05) is 42.7 Å². The lowest BCUT2D eigenvalue weighted by atomic mass is 9.66. The second-order valence-electron chi connectivity index (χ2n) is 12.0. The summed E-state index contributed by atoms with van der Waals surface area (Å²) in [6.45, 7) is 11.0. The van der Waals surface area contributed by atoms with Gasteiger partial charge in [0.25, 0.3) is 0 Å². The van der Waals surface area contributed by atoms with Crippen LogP contribution in [0.25, 0.3) is 0 Å². The van der Waals surface area contributed by atoms with Gasteiger partial charge < -0.3 is 19.8 Å². The quantitative estimate of drug-likeness (QED) is 0.402. The minimum Gasteiger partial charge on any atom is -0.396 e. The van der Waals surface area contributed by atoms with Crippen LogP contribution < -0.4 is 4.90 Å². The van der Waals surface area contributed by atoms with Crippen LogP contribution >= 0.6 is 11.8 Å². The first-order valence-electron chi connectivity index (χ1n) is 14.8. The number of benzene rings is 1. The number of hydrogen-bond acceptors (Lipinski definition) is 5. The van der Waals surface area contributed by atoms with Gasteiger partial charge in [-0.05, 0) is 51.2 Å². The van der Waals surface area contributed by atoms with Crippen molar-refractivity contribution in [2.24, 2.45) is 11.8 Å². The summed E-state index contributed by atoms with van der Waals surface area (Å²) in [5.74, 6) is -1.34. The van der Waals surface area contributed by atoms with E-state index < -0.39 is 27.4 Å². The summed E-state index contributed by atoms with van der Waals surface area (Å²) in [4.78, 5) is 48.9. The summed E-state index contributed by atoms with van der Waals surface area (Å²) in [6.07, 6.45) is 10.7. The summed E-state index contributed by atoms with van der Waals surface area (Å²) in [5.41, 5.74) is 0.780. The number of amides is 3. The van der Waals surface area contributed by atoms with Crippen LogP contribution in [-0.4, -0.2) is 80.4 Å². The number of rotatable bonds is 11. The molecule has 1 spiro atoms. The van der Waals surface area contributed by atoms with Gasteiger partial charge in [-0.2, -0.15) is 0 Å². The van der Waals surface area contributed by atoms with E-state index in [1.54, 1.807) is 33.7 Å². The average molecular weight is 566 g/mol. The molecule has 0 radical (unpaired) electrons. The van der Waals surface area contributed by atoms with Crippen molar-refractivity contribution in [3.05, 3.63) is 55.6 Å². The third-order valence-electron chi connectivity index (χ3n) is 9.60. The number of nitrogens with zero attached hydrogens (tertiary/aromatic N) is 3. The molecule has 4 aliphatic rings. The Balaban J connectivity index is 1.55. The molecular weight excluding hydrogens is 522 g/mol. The number of thioether (sulfide) groups is 1. The maximum Gasteiger partial charge on any atom is 0.247 e. The second kappa shape index (κ2) is 11.7. The number of aliphatic hydroxyl groups is 1. The molecular formula is C32H43N3O4S. The zero-order valence-electron chi connectivity index (χ0n) is 23.7. The lowest BCUT2D eigenvalue weighted by Crippen LogP contribution is -2.57. The fourth-order valence-electron chi connectivity index (χ4n) is 7.90. The number of fused-ring (bicyclic) bond motifs is 1. The van der Waals surface area contributed by atoms with Crippen LogP contribution in [0.3, 0.4) is 0 Å². The topological polar surface area (TPSA) is 81.2 Å². The fourth-order valence-corrected chi connectivity index (χ4v) is 10.2. The molecule has 2 unspecified atom stereocenters. The predicted octanol–water partition coefficient (Wildman–Crippen LogP) is 4.42. The molecule has 40 heavy (non-hydrogen) atoms. The molecule has 8 heteroatoms. The van der Waals surface area contributed by atoms with Crippen LogP contribution in [0.5, 0.6) is 0 Å². The Kier molecular flexibility index (Phi) is 8.48. The molecule has 5 rings (SSSR count). The summed E-state index contributed by atoms with van der Waals surface area (Å²) >= 11 is 1.71. The first-order valence-corrected chi connectivity index (χ1v) is 15.6. The molecule has 3 heterocycles. The number of hydrogen-bond donors (Lipinski definition) is 1. The van der Waals surface area contributed by atoms with Crippen LogP contribution in [-0.2, 0) is 14.4 Å². The Hall–Kier alpha value is -2.58. The first-order chi connectivity index (χ1) is 19.3. The van der Waals surface area contributed by atoms with Gasteiger partial charge in [0.05, 0.1) is 16.6 Å². The summed E-state index contributed by atoms with van der Waals surface area (Å²) in [7, 11) is 0. The Morgan fingerprint density at radius 3 is 2.42 bits per heavy atom. The highest BCUT2D eigenvalue weighted by Gasteiger charge is 2.77. The van der Waals surface area contributed by atoms with Gasteiger partial charge in [-0.1, -0.05) is 49.6 Å². The van der Waals surface area contributed by atoms with Gasteiger partial charge in [0.1, 0.15) is 6.04 Å². The monoisotopic (exact) mass is 565 g/mol. The Morgan fingerprint density at radius 1 is 1.07 bits per heavy atom. The molecule has 4 fully saturated rings. The van der Waals surface area contributed by atoms with E-state index >= 15 is 0 Å². The highest BCUT2D eigenvalue weighted by atomic mass is 32.2. The minimum absolute atomic E-state index is 0.0172. The van der Waals surface area contributed by atoms with Crippen LogP contribution in [0.15, 0.2) is 55.6 Å². The van der Waals surface area contributed by atoms with Crippen molar-refractivity contribution >= 4 is 35.2 Å². The van der Waals surface area contributed by atoms with E-state index in [9.17, 15) is 19.5 Å². The number of anilines is 1. The molecule has 1 aromatic rings. The lowest BCUT2D eigenvalue weighted by Gasteiger charge is -2.41. The van der Waals surface area contributed by atoms with Gasteiger partial charge >= 0.3 is 0 Å². The number of para-hydroxylation sites is 1. The zero-order valence-corrected chi connectivity index (χ0v) is 24.5. The van der Waals surface area contributed by atoms with Crippen LogP contribution in [0, 0.1) is 11.8 Å². The average Bonchev–Trinajstić information content (AvgIpc) is 3.54. The molecule has 3 aliphatic heterocycles. The van der Waals surface area contributed by atoms with Crippen molar-refractivity contribution in [3.63, 3.8) is 0 Å². The summed E-state index contributed by atoms with van der Waals surface area (Å²) in [5, 5.41) is 9.68. The maximum atomic E-state index is 14.6. The van der Waals surface area contributed by atoms with Gasteiger partial charge in [0.2, 0.25) is 17.7 Å². The fraction of sp³-hybridized carbons (Fsp3) is 0.594. The van der Waals surface area contributed by atoms with E-state index in [4.69, 9.17) is 0 Å². The molecule has 216 valence electrons. The maximum absolute atomic E-state index is 14.6. The van der Waals surface area contributed by atoms with Crippen molar-refractivity contribution < 1.29 is 19.5 Å². The Labute approximate surface area is 242 Å². The van der Waals surface area contributed by atoms with Crippen LogP contribution in [0.4, 0.5) is 5.69 Å². The van der Waals surface area contributed by atoms with E-state index in [0.29, 0.717) is 26.1 Å². The van der Waals surface area contributed by atoms with E-state index in [-0.39, 0.29) is 30.4 Å². The van der Waals surface area contributed by atoms with Gasteiger partial charge in [0.15, 0.2) is 0 Å². The summed E-state index contributed by atoms with van der Waals surface area (Å²) in [6, 6.07) is 9.04. The van der Waals surface area contributed by atoms with Crippen LogP contribution in [0.1, 0.15) is 58.3 Å². The molecule has 7 nitrogen and oxygen atoms in total. The SMILES string of the molecule is C=CCN(C(=O)[C@@H]1[C@H]2C(=O)N(CCCO)C(C(=O)N(CC=C)C3CCCCC3)C23CC[C@@]1(C)S3)c1ccccc1. The molecule has 5 atom stereocenters. The number of aliphatic hydroxyl groups excluding tert-OH is 1. The van der Waals surface area contributed by atoms with Gasteiger partial charge in [-0.25, -0.2) is 0 Å². The van der Waals surface area contributed by atoms with Crippen molar-refractivity contribution in [1.29, 1.82) is 0 Å². The number of carbonyl (C=O) groups excluding carboxylic acids is 3. The smallest absolute Gasteiger partial charge is 0.247 e. The van der Waals surface area contributed by atoms with Crippen molar-refractivity contribution in [2.45, 2.75) is 79.9 Å². The van der Waals surface area contributed by atoms with Crippen molar-refractivity contribution in [2.75, 3.05) is 31.1 Å². The molecule has 2 bridgehead atoms. The van der Waals surface area contributed by atoms with E-state index in [0.717, 1.165) is 44.2 Å². The lowest BCUT2D eigenvalue weighted by molar-refractivity contribution is -0.144. The van der Waals surface area contributed by atoms with E-state index in [2.05, 4.69) is 20.1 Å². The second-order valence-corrected chi connectivity index (χ2v) is 13.9. The normalized spacial score (nSPS) is 31.2. The predicted molar refractivity (Wildman–Crippen MR) is 160 cm³/mol. The van der Waals surface area contributed by atoms with Gasteiger partial charge in [-0.15, -0.1) is 24.9 Å². The Morgan fingerprint density at radius 2 is 1.77 bits per heavy atom. The largest absolute Gasteiger partial charge is 0.396 e. The molecule has 0 aromatic heterocycles. The molecule has 1 aromatic carbocycles. The summed E-state index contributed by atoms with van der Waals surface area (Å²) < 4.78 is -1.11.